The molecule has 0 aliphatic rings. The monoisotopic (exact) mass is 296 g/mol. The largest absolute Gasteiger partial charge is 0.456 e. The molecule has 1 N–H and O–H groups in total. The minimum atomic E-state index is -0.507. The topological polar surface area (TPSA) is 83.0 Å². The number of aromatic nitrogens is 1. The lowest BCUT2D eigenvalue weighted by molar-refractivity contribution is 0.0465. The number of rotatable bonds is 6. The third-order valence-electron chi connectivity index (χ3n) is 3.43. The molecule has 5 heteroatoms. The zero-order valence-electron chi connectivity index (χ0n) is 12.3. The van der Waals surface area contributed by atoms with E-state index in [4.69, 9.17) is 10.00 Å². The fourth-order valence-corrected chi connectivity index (χ4v) is 2.26. The van der Waals surface area contributed by atoms with Gasteiger partial charge in [0.15, 0.2) is 6.29 Å². The Balaban J connectivity index is 2.14. The molecule has 0 aliphatic carbocycles. The highest BCUT2D eigenvalue weighted by Crippen LogP contribution is 2.20. The summed E-state index contributed by atoms with van der Waals surface area (Å²) in [6.07, 6.45) is 1.38. The van der Waals surface area contributed by atoms with Crippen LogP contribution in [0.25, 0.3) is 0 Å². The Labute approximate surface area is 128 Å². The highest BCUT2D eigenvalue weighted by atomic mass is 16.5. The number of ether oxygens (including phenoxy) is 1. The van der Waals surface area contributed by atoms with Crippen LogP contribution in [0.4, 0.5) is 0 Å². The molecule has 22 heavy (non-hydrogen) atoms. The summed E-state index contributed by atoms with van der Waals surface area (Å²) in [6.45, 7) is 1.91. The van der Waals surface area contributed by atoms with E-state index in [-0.39, 0.29) is 18.7 Å². The molecule has 0 saturated heterocycles. The average molecular weight is 296 g/mol. The fourth-order valence-electron chi connectivity index (χ4n) is 2.26. The summed E-state index contributed by atoms with van der Waals surface area (Å²) >= 11 is 0. The summed E-state index contributed by atoms with van der Waals surface area (Å²) in [7, 11) is 0. The molecule has 1 heterocycles. The minimum absolute atomic E-state index is 0.169. The molecule has 0 spiro atoms. The Kier molecular flexibility index (Phi) is 5.10. The van der Waals surface area contributed by atoms with Crippen molar-refractivity contribution in [2.24, 2.45) is 0 Å². The number of nitriles is 1. The van der Waals surface area contributed by atoms with Crippen molar-refractivity contribution >= 4 is 12.3 Å². The normalized spacial score (nSPS) is 10.0. The lowest BCUT2D eigenvalue weighted by Crippen LogP contribution is -2.07. The van der Waals surface area contributed by atoms with Gasteiger partial charge in [-0.3, -0.25) is 4.79 Å². The first-order chi connectivity index (χ1) is 10.7. The first kappa shape index (κ1) is 15.5. The quantitative estimate of drug-likeness (QED) is 0.656. The number of benzene rings is 1. The SMILES string of the molecule is Cc1c(C(=O)OCc2ccccc2)[nH]c(C=O)c1CCC#N. The van der Waals surface area contributed by atoms with E-state index in [1.165, 1.54) is 0 Å². The molecule has 0 unspecified atom stereocenters. The third-order valence-corrected chi connectivity index (χ3v) is 3.43. The maximum atomic E-state index is 12.2. The fraction of sp³-hybridized carbons (Fsp3) is 0.235. The van der Waals surface area contributed by atoms with Gasteiger partial charge in [-0.2, -0.15) is 5.26 Å². The second kappa shape index (κ2) is 7.23. The summed E-state index contributed by atoms with van der Waals surface area (Å²) < 4.78 is 5.26. The summed E-state index contributed by atoms with van der Waals surface area (Å²) in [5, 5.41) is 8.67. The van der Waals surface area contributed by atoms with Crippen LogP contribution in [0.1, 0.15) is 44.1 Å². The van der Waals surface area contributed by atoms with Crippen LogP contribution in [0.3, 0.4) is 0 Å². The molecule has 2 aromatic rings. The van der Waals surface area contributed by atoms with E-state index in [1.54, 1.807) is 6.92 Å². The van der Waals surface area contributed by atoms with Crippen molar-refractivity contribution < 1.29 is 14.3 Å². The standard InChI is InChI=1S/C17H16N2O3/c1-12-14(8-5-9-18)15(10-20)19-16(12)17(21)22-11-13-6-3-2-4-7-13/h2-4,6-7,10,19H,5,8,11H2,1H3. The Morgan fingerprint density at radius 2 is 2.09 bits per heavy atom. The van der Waals surface area contributed by atoms with Crippen molar-refractivity contribution in [2.75, 3.05) is 0 Å². The van der Waals surface area contributed by atoms with Crippen molar-refractivity contribution in [2.45, 2.75) is 26.4 Å². The zero-order valence-corrected chi connectivity index (χ0v) is 12.3. The van der Waals surface area contributed by atoms with Crippen molar-refractivity contribution in [3.63, 3.8) is 0 Å². The molecule has 0 saturated carbocycles. The van der Waals surface area contributed by atoms with Crippen LogP contribution in [0.2, 0.25) is 0 Å². The number of aldehydes is 1. The second-order valence-corrected chi connectivity index (χ2v) is 4.85. The highest BCUT2D eigenvalue weighted by molar-refractivity contribution is 5.92. The number of hydrogen-bond donors (Lipinski definition) is 1. The molecule has 1 aromatic carbocycles. The Bertz CT molecular complexity index is 711. The van der Waals surface area contributed by atoms with E-state index < -0.39 is 5.97 Å². The molecule has 0 radical (unpaired) electrons. The van der Waals surface area contributed by atoms with Crippen LogP contribution < -0.4 is 0 Å². The number of carbonyl (C=O) groups excluding carboxylic acids is 2. The number of H-pyrrole nitrogens is 1. The third kappa shape index (κ3) is 3.41. The van der Waals surface area contributed by atoms with Gasteiger partial charge < -0.3 is 9.72 Å². The number of aromatic amines is 1. The molecule has 0 aliphatic heterocycles. The molecular formula is C17H16N2O3. The van der Waals surface area contributed by atoms with Gasteiger partial charge in [-0.15, -0.1) is 0 Å². The second-order valence-electron chi connectivity index (χ2n) is 4.85. The molecule has 2 rings (SSSR count). The summed E-state index contributed by atoms with van der Waals surface area (Å²) in [4.78, 5) is 26.0. The number of nitrogens with one attached hydrogen (secondary N) is 1. The van der Waals surface area contributed by atoms with Crippen LogP contribution in [0, 0.1) is 18.3 Å². The smallest absolute Gasteiger partial charge is 0.355 e. The van der Waals surface area contributed by atoms with Gasteiger partial charge in [0.05, 0.1) is 11.8 Å². The number of nitrogens with zero attached hydrogens (tertiary/aromatic N) is 1. The summed E-state index contributed by atoms with van der Waals surface area (Å²) in [5.74, 6) is -0.507. The molecular weight excluding hydrogens is 280 g/mol. The predicted molar refractivity (Wildman–Crippen MR) is 80.4 cm³/mol. The zero-order chi connectivity index (χ0) is 15.9. The lowest BCUT2D eigenvalue weighted by atomic mass is 10.1. The Morgan fingerprint density at radius 1 is 1.36 bits per heavy atom. The summed E-state index contributed by atoms with van der Waals surface area (Å²) in [6, 6.07) is 11.4. The Hall–Kier alpha value is -2.87. The maximum Gasteiger partial charge on any atom is 0.355 e. The van der Waals surface area contributed by atoms with Gasteiger partial charge in [0, 0.05) is 6.42 Å². The number of esters is 1. The summed E-state index contributed by atoms with van der Waals surface area (Å²) in [5.41, 5.74) is 2.85. The van der Waals surface area contributed by atoms with E-state index >= 15 is 0 Å². The van der Waals surface area contributed by atoms with Crippen molar-refractivity contribution in [1.29, 1.82) is 5.26 Å². The van der Waals surface area contributed by atoms with E-state index in [2.05, 4.69) is 4.98 Å². The van der Waals surface area contributed by atoms with E-state index in [9.17, 15) is 9.59 Å². The first-order valence-corrected chi connectivity index (χ1v) is 6.92. The molecule has 1 aromatic heterocycles. The molecule has 0 bridgehead atoms. The van der Waals surface area contributed by atoms with E-state index in [0.29, 0.717) is 29.5 Å². The van der Waals surface area contributed by atoms with Crippen LogP contribution in [0.15, 0.2) is 30.3 Å². The van der Waals surface area contributed by atoms with Crippen molar-refractivity contribution in [3.8, 4) is 6.07 Å². The highest BCUT2D eigenvalue weighted by Gasteiger charge is 2.19. The minimum Gasteiger partial charge on any atom is -0.456 e. The van der Waals surface area contributed by atoms with Gasteiger partial charge in [-0.1, -0.05) is 30.3 Å². The molecule has 0 amide bonds. The van der Waals surface area contributed by atoms with Gasteiger partial charge in [-0.05, 0) is 30.0 Å². The molecule has 0 fully saturated rings. The van der Waals surface area contributed by atoms with E-state index in [0.717, 1.165) is 5.56 Å². The molecule has 0 atom stereocenters. The number of carbonyl (C=O) groups is 2. The maximum absolute atomic E-state index is 12.2. The molecule has 112 valence electrons. The average Bonchev–Trinajstić information content (AvgIpc) is 2.87. The van der Waals surface area contributed by atoms with Crippen molar-refractivity contribution in [3.05, 3.63) is 58.4 Å². The van der Waals surface area contributed by atoms with Crippen LogP contribution in [-0.2, 0) is 17.8 Å². The van der Waals surface area contributed by atoms with Gasteiger partial charge in [0.1, 0.15) is 12.3 Å². The lowest BCUT2D eigenvalue weighted by Gasteiger charge is -2.04. The van der Waals surface area contributed by atoms with E-state index in [1.807, 2.05) is 36.4 Å². The van der Waals surface area contributed by atoms with Crippen molar-refractivity contribution in [1.82, 2.24) is 4.98 Å². The number of hydrogen-bond acceptors (Lipinski definition) is 4. The van der Waals surface area contributed by atoms with Gasteiger partial charge in [0.25, 0.3) is 0 Å². The first-order valence-electron chi connectivity index (χ1n) is 6.92. The predicted octanol–water partition coefficient (Wildman–Crippen LogP) is 2.95. The molecule has 5 nitrogen and oxygen atoms in total. The van der Waals surface area contributed by atoms with Gasteiger partial charge in [0.2, 0.25) is 0 Å². The van der Waals surface area contributed by atoms with Gasteiger partial charge >= 0.3 is 5.97 Å². The van der Waals surface area contributed by atoms with Crippen LogP contribution >= 0.6 is 0 Å². The van der Waals surface area contributed by atoms with Gasteiger partial charge in [-0.25, -0.2) is 4.79 Å². The Morgan fingerprint density at radius 3 is 2.73 bits per heavy atom. The van der Waals surface area contributed by atoms with Crippen LogP contribution in [0.5, 0.6) is 0 Å². The van der Waals surface area contributed by atoms with Crippen LogP contribution in [-0.4, -0.2) is 17.2 Å².